The molecule has 0 amide bonds. The Labute approximate surface area is 103 Å². The molecule has 0 saturated carbocycles. The SMILES string of the molecule is CN=C(NCc1nnc(C)n1C)NC(C)(C)C. The van der Waals surface area contributed by atoms with Crippen molar-refractivity contribution in [2.24, 2.45) is 12.0 Å². The third kappa shape index (κ3) is 4.05. The van der Waals surface area contributed by atoms with Gasteiger partial charge in [0.25, 0.3) is 0 Å². The molecule has 0 fully saturated rings. The Bertz CT molecular complexity index is 399. The highest BCUT2D eigenvalue weighted by Crippen LogP contribution is 1.99. The minimum absolute atomic E-state index is 0.0162. The Morgan fingerprint density at radius 3 is 2.41 bits per heavy atom. The van der Waals surface area contributed by atoms with Gasteiger partial charge in [-0.05, 0) is 27.7 Å². The number of hydrogen-bond acceptors (Lipinski definition) is 3. The average Bonchev–Trinajstić information content (AvgIpc) is 2.53. The van der Waals surface area contributed by atoms with E-state index in [1.807, 2.05) is 18.5 Å². The molecule has 17 heavy (non-hydrogen) atoms. The lowest BCUT2D eigenvalue weighted by Gasteiger charge is -2.23. The number of aryl methyl sites for hydroxylation is 1. The van der Waals surface area contributed by atoms with Crippen molar-refractivity contribution < 1.29 is 0 Å². The van der Waals surface area contributed by atoms with Crippen molar-refractivity contribution in [1.82, 2.24) is 25.4 Å². The third-order valence-corrected chi connectivity index (χ3v) is 2.31. The van der Waals surface area contributed by atoms with Gasteiger partial charge >= 0.3 is 0 Å². The first-order valence-electron chi connectivity index (χ1n) is 5.67. The summed E-state index contributed by atoms with van der Waals surface area (Å²) < 4.78 is 1.96. The summed E-state index contributed by atoms with van der Waals surface area (Å²) in [4.78, 5) is 4.16. The smallest absolute Gasteiger partial charge is 0.191 e. The second-order valence-electron chi connectivity index (χ2n) is 5.02. The van der Waals surface area contributed by atoms with Gasteiger partial charge < -0.3 is 15.2 Å². The molecule has 6 heteroatoms. The molecule has 0 saturated heterocycles. The number of aliphatic imine (C=N–C) groups is 1. The van der Waals surface area contributed by atoms with Crippen molar-refractivity contribution in [3.8, 4) is 0 Å². The van der Waals surface area contributed by atoms with Crippen LogP contribution in [0, 0.1) is 6.92 Å². The number of guanidine groups is 1. The van der Waals surface area contributed by atoms with Crippen LogP contribution in [0.1, 0.15) is 32.4 Å². The summed E-state index contributed by atoms with van der Waals surface area (Å²) in [5.74, 6) is 2.55. The van der Waals surface area contributed by atoms with Gasteiger partial charge in [-0.15, -0.1) is 10.2 Å². The van der Waals surface area contributed by atoms with Crippen molar-refractivity contribution in [2.75, 3.05) is 7.05 Å². The first-order chi connectivity index (χ1) is 7.83. The quantitative estimate of drug-likeness (QED) is 0.584. The van der Waals surface area contributed by atoms with Crippen LogP contribution in [0.4, 0.5) is 0 Å². The van der Waals surface area contributed by atoms with Crippen LogP contribution < -0.4 is 10.6 Å². The topological polar surface area (TPSA) is 67.1 Å². The van der Waals surface area contributed by atoms with E-state index in [9.17, 15) is 0 Å². The van der Waals surface area contributed by atoms with Gasteiger partial charge in [0, 0.05) is 19.6 Å². The van der Waals surface area contributed by atoms with Gasteiger partial charge in [-0.25, -0.2) is 0 Å². The van der Waals surface area contributed by atoms with Gasteiger partial charge in [0.15, 0.2) is 11.8 Å². The molecule has 0 radical (unpaired) electrons. The van der Waals surface area contributed by atoms with Crippen molar-refractivity contribution in [3.05, 3.63) is 11.6 Å². The number of rotatable bonds is 2. The van der Waals surface area contributed by atoms with Gasteiger partial charge in [-0.2, -0.15) is 0 Å². The summed E-state index contributed by atoms with van der Waals surface area (Å²) in [7, 11) is 3.70. The molecule has 0 aliphatic heterocycles. The fourth-order valence-corrected chi connectivity index (χ4v) is 1.30. The van der Waals surface area contributed by atoms with E-state index in [0.717, 1.165) is 17.6 Å². The molecule has 2 N–H and O–H groups in total. The zero-order chi connectivity index (χ0) is 13.1. The average molecular weight is 238 g/mol. The van der Waals surface area contributed by atoms with Gasteiger partial charge in [0.2, 0.25) is 0 Å². The molecular weight excluding hydrogens is 216 g/mol. The molecule has 0 bridgehead atoms. The number of nitrogens with one attached hydrogen (secondary N) is 2. The molecule has 0 spiro atoms. The predicted octanol–water partition coefficient (Wildman–Crippen LogP) is 0.587. The van der Waals surface area contributed by atoms with Gasteiger partial charge in [0.1, 0.15) is 5.82 Å². The molecule has 96 valence electrons. The van der Waals surface area contributed by atoms with Crippen LogP contribution in [-0.2, 0) is 13.6 Å². The molecule has 1 heterocycles. The van der Waals surface area contributed by atoms with E-state index in [4.69, 9.17) is 0 Å². The largest absolute Gasteiger partial charge is 0.352 e. The zero-order valence-electron chi connectivity index (χ0n) is 11.5. The molecule has 1 rings (SSSR count). The van der Waals surface area contributed by atoms with Gasteiger partial charge in [-0.1, -0.05) is 0 Å². The summed E-state index contributed by atoms with van der Waals surface area (Å²) in [6, 6.07) is 0. The van der Waals surface area contributed by atoms with Crippen LogP contribution in [0.25, 0.3) is 0 Å². The lowest BCUT2D eigenvalue weighted by atomic mass is 10.1. The van der Waals surface area contributed by atoms with Crippen LogP contribution in [-0.4, -0.2) is 33.3 Å². The van der Waals surface area contributed by atoms with Crippen LogP contribution in [0.2, 0.25) is 0 Å². The number of aromatic nitrogens is 3. The Balaban J connectivity index is 2.58. The standard InChI is InChI=1S/C11H22N6/c1-8-15-16-9(17(8)6)7-13-10(12-5)14-11(2,3)4/h7H2,1-6H3,(H2,12,13,14). The van der Waals surface area contributed by atoms with Crippen molar-refractivity contribution in [2.45, 2.75) is 39.8 Å². The molecular formula is C11H22N6. The first-order valence-corrected chi connectivity index (χ1v) is 5.67. The number of hydrogen-bond donors (Lipinski definition) is 2. The first kappa shape index (κ1) is 13.5. The van der Waals surface area contributed by atoms with Crippen molar-refractivity contribution in [1.29, 1.82) is 0 Å². The molecule has 0 aliphatic carbocycles. The van der Waals surface area contributed by atoms with E-state index < -0.39 is 0 Å². The monoisotopic (exact) mass is 238 g/mol. The molecule has 0 aliphatic rings. The highest BCUT2D eigenvalue weighted by molar-refractivity contribution is 5.80. The van der Waals surface area contributed by atoms with Crippen LogP contribution in [0.3, 0.4) is 0 Å². The van der Waals surface area contributed by atoms with Crippen LogP contribution in [0.15, 0.2) is 4.99 Å². The second-order valence-corrected chi connectivity index (χ2v) is 5.02. The maximum Gasteiger partial charge on any atom is 0.191 e. The van der Waals surface area contributed by atoms with E-state index in [0.29, 0.717) is 6.54 Å². The molecule has 1 aromatic heterocycles. The Morgan fingerprint density at radius 2 is 2.00 bits per heavy atom. The summed E-state index contributed by atoms with van der Waals surface area (Å²) in [5.41, 5.74) is -0.0162. The van der Waals surface area contributed by atoms with E-state index in [-0.39, 0.29) is 5.54 Å². The predicted molar refractivity (Wildman–Crippen MR) is 68.8 cm³/mol. The molecule has 0 atom stereocenters. The normalized spacial score (nSPS) is 12.7. The fraction of sp³-hybridized carbons (Fsp3) is 0.727. The van der Waals surface area contributed by atoms with E-state index in [2.05, 4.69) is 46.6 Å². The molecule has 0 aromatic carbocycles. The summed E-state index contributed by atoms with van der Waals surface area (Å²) >= 11 is 0. The van der Waals surface area contributed by atoms with Gasteiger partial charge in [0.05, 0.1) is 6.54 Å². The summed E-state index contributed by atoms with van der Waals surface area (Å²) in [6.07, 6.45) is 0. The minimum Gasteiger partial charge on any atom is -0.352 e. The Kier molecular flexibility index (Phi) is 4.09. The van der Waals surface area contributed by atoms with Gasteiger partial charge in [-0.3, -0.25) is 4.99 Å². The highest BCUT2D eigenvalue weighted by atomic mass is 15.3. The third-order valence-electron chi connectivity index (χ3n) is 2.31. The van der Waals surface area contributed by atoms with E-state index >= 15 is 0 Å². The maximum absolute atomic E-state index is 4.16. The van der Waals surface area contributed by atoms with Crippen LogP contribution in [0.5, 0.6) is 0 Å². The number of nitrogens with zero attached hydrogens (tertiary/aromatic N) is 4. The molecule has 6 nitrogen and oxygen atoms in total. The highest BCUT2D eigenvalue weighted by Gasteiger charge is 2.12. The summed E-state index contributed by atoms with van der Waals surface area (Å²) in [5, 5.41) is 14.6. The van der Waals surface area contributed by atoms with E-state index in [1.54, 1.807) is 7.05 Å². The Morgan fingerprint density at radius 1 is 1.35 bits per heavy atom. The Hall–Kier alpha value is -1.59. The van der Waals surface area contributed by atoms with Crippen molar-refractivity contribution in [3.63, 3.8) is 0 Å². The van der Waals surface area contributed by atoms with E-state index in [1.165, 1.54) is 0 Å². The lowest BCUT2D eigenvalue weighted by molar-refractivity contribution is 0.500. The zero-order valence-corrected chi connectivity index (χ0v) is 11.5. The fourth-order valence-electron chi connectivity index (χ4n) is 1.30. The second kappa shape index (κ2) is 5.16. The minimum atomic E-state index is -0.0162. The van der Waals surface area contributed by atoms with Crippen LogP contribution >= 0.6 is 0 Å². The summed E-state index contributed by atoms with van der Waals surface area (Å²) in [6.45, 7) is 8.80. The molecule has 1 aromatic rings. The maximum atomic E-state index is 4.16. The van der Waals surface area contributed by atoms with Crippen molar-refractivity contribution >= 4 is 5.96 Å². The molecule has 0 unspecified atom stereocenters. The lowest BCUT2D eigenvalue weighted by Crippen LogP contribution is -2.47.